The Balaban J connectivity index is 2.12. The van der Waals surface area contributed by atoms with Gasteiger partial charge in [-0.2, -0.15) is 13.2 Å². The molecule has 0 aliphatic carbocycles. The zero-order valence-corrected chi connectivity index (χ0v) is 10.7. The molecule has 1 aliphatic rings. The minimum atomic E-state index is -4.43. The summed E-state index contributed by atoms with van der Waals surface area (Å²) in [7, 11) is 1.45. The Morgan fingerprint density at radius 2 is 2.20 bits per heavy atom. The second-order valence-electron chi connectivity index (χ2n) is 4.60. The largest absolute Gasteiger partial charge is 0.406 e. The maximum Gasteiger partial charge on any atom is 0.406 e. The van der Waals surface area contributed by atoms with Gasteiger partial charge in [-0.1, -0.05) is 0 Å². The molecule has 1 atom stereocenters. The van der Waals surface area contributed by atoms with Crippen LogP contribution in [0.4, 0.5) is 23.4 Å². The van der Waals surface area contributed by atoms with Crippen molar-refractivity contribution in [1.82, 2.24) is 9.88 Å². The third-order valence-corrected chi connectivity index (χ3v) is 3.18. The Morgan fingerprint density at radius 3 is 2.80 bits per heavy atom. The van der Waals surface area contributed by atoms with Gasteiger partial charge in [0.1, 0.15) is 12.6 Å². The van der Waals surface area contributed by atoms with E-state index in [-0.39, 0.29) is 18.8 Å². The van der Waals surface area contributed by atoms with E-state index in [9.17, 15) is 22.4 Å². The monoisotopic (exact) mass is 291 g/mol. The number of aromatic nitrogens is 1. The number of pyridine rings is 1. The highest BCUT2D eigenvalue weighted by Gasteiger charge is 2.41. The van der Waals surface area contributed by atoms with Gasteiger partial charge in [0.05, 0.1) is 0 Å². The first-order valence-electron chi connectivity index (χ1n) is 5.98. The Hall–Kier alpha value is -1.86. The molecule has 1 aliphatic heterocycles. The molecule has 0 aromatic carbocycles. The number of amides is 1. The van der Waals surface area contributed by atoms with Crippen molar-refractivity contribution in [3.05, 3.63) is 24.1 Å². The maximum absolute atomic E-state index is 13.6. The van der Waals surface area contributed by atoms with Gasteiger partial charge in [-0.15, -0.1) is 0 Å². The summed E-state index contributed by atoms with van der Waals surface area (Å²) in [6.07, 6.45) is -2.86. The Labute approximate surface area is 113 Å². The minimum absolute atomic E-state index is 0.00179. The molecule has 20 heavy (non-hydrogen) atoms. The van der Waals surface area contributed by atoms with E-state index in [0.717, 1.165) is 4.90 Å². The van der Waals surface area contributed by atoms with Gasteiger partial charge in [0.15, 0.2) is 11.6 Å². The van der Waals surface area contributed by atoms with Crippen molar-refractivity contribution in [1.29, 1.82) is 0 Å². The summed E-state index contributed by atoms with van der Waals surface area (Å²) in [5.41, 5.74) is 0. The van der Waals surface area contributed by atoms with Gasteiger partial charge >= 0.3 is 6.18 Å². The molecule has 8 heteroatoms. The molecule has 0 unspecified atom stereocenters. The lowest BCUT2D eigenvalue weighted by Crippen LogP contribution is -2.43. The molecule has 0 bridgehead atoms. The maximum atomic E-state index is 13.6. The van der Waals surface area contributed by atoms with Gasteiger partial charge in [0.2, 0.25) is 5.91 Å². The number of hydrogen-bond donors (Lipinski definition) is 0. The lowest BCUT2D eigenvalue weighted by Gasteiger charge is -2.25. The predicted octanol–water partition coefficient (Wildman–Crippen LogP) is 1.82. The molecular weight excluding hydrogens is 278 g/mol. The van der Waals surface area contributed by atoms with Crippen molar-refractivity contribution in [2.75, 3.05) is 25.0 Å². The van der Waals surface area contributed by atoms with E-state index in [2.05, 4.69) is 4.98 Å². The zero-order chi connectivity index (χ0) is 14.9. The predicted molar refractivity (Wildman–Crippen MR) is 63.6 cm³/mol. The molecule has 2 rings (SSSR count). The highest BCUT2D eigenvalue weighted by molar-refractivity contribution is 5.87. The molecule has 0 saturated carbocycles. The number of anilines is 1. The fraction of sp³-hybridized carbons (Fsp3) is 0.500. The summed E-state index contributed by atoms with van der Waals surface area (Å²) in [4.78, 5) is 17.8. The van der Waals surface area contributed by atoms with Crippen LogP contribution < -0.4 is 4.90 Å². The van der Waals surface area contributed by atoms with Crippen molar-refractivity contribution >= 4 is 11.7 Å². The van der Waals surface area contributed by atoms with Crippen molar-refractivity contribution in [2.45, 2.75) is 18.6 Å². The molecule has 4 nitrogen and oxygen atoms in total. The summed E-state index contributed by atoms with van der Waals surface area (Å²) >= 11 is 0. The van der Waals surface area contributed by atoms with Crippen LogP contribution in [0.1, 0.15) is 6.42 Å². The number of rotatable bonds is 3. The smallest absolute Gasteiger partial charge is 0.345 e. The van der Waals surface area contributed by atoms with Crippen LogP contribution in [0.25, 0.3) is 0 Å². The van der Waals surface area contributed by atoms with Crippen LogP contribution in [0.15, 0.2) is 18.3 Å². The number of halogens is 4. The quantitative estimate of drug-likeness (QED) is 0.797. The molecule has 1 aromatic heterocycles. The second kappa shape index (κ2) is 5.26. The van der Waals surface area contributed by atoms with Crippen LogP contribution in [0, 0.1) is 5.82 Å². The fourth-order valence-corrected chi connectivity index (χ4v) is 2.24. The number of likely N-dealkylation sites (N-methyl/N-ethyl adjacent to an activating group) is 1. The molecule has 1 saturated heterocycles. The van der Waals surface area contributed by atoms with Gasteiger partial charge in [-0.05, 0) is 18.6 Å². The summed E-state index contributed by atoms with van der Waals surface area (Å²) in [6, 6.07) is 1.77. The molecule has 2 heterocycles. The first-order chi connectivity index (χ1) is 9.29. The fourth-order valence-electron chi connectivity index (χ4n) is 2.24. The van der Waals surface area contributed by atoms with Crippen molar-refractivity contribution in [2.24, 2.45) is 0 Å². The van der Waals surface area contributed by atoms with Gasteiger partial charge < -0.3 is 9.80 Å². The first-order valence-corrected chi connectivity index (χ1v) is 5.98. The van der Waals surface area contributed by atoms with Crippen molar-refractivity contribution < 1.29 is 22.4 Å². The molecular formula is C12H13F4N3O. The number of nitrogens with zero attached hydrogens (tertiary/aromatic N) is 3. The van der Waals surface area contributed by atoms with Gasteiger partial charge in [-0.3, -0.25) is 4.79 Å². The molecule has 1 aromatic rings. The van der Waals surface area contributed by atoms with Crippen molar-refractivity contribution in [3.8, 4) is 0 Å². The third kappa shape index (κ3) is 3.00. The molecule has 110 valence electrons. The van der Waals surface area contributed by atoms with Gasteiger partial charge in [0, 0.05) is 19.8 Å². The van der Waals surface area contributed by atoms with Crippen LogP contribution in [0.3, 0.4) is 0 Å². The Bertz CT molecular complexity index is 506. The standard InChI is InChI=1S/C12H13F4N3O/c1-18(10-8(13)3-2-5-17-10)9-4-6-19(11(9)20)7-12(14,15)16/h2-3,5,9H,4,6-7H2,1H3/t9-/m1/s1. The van der Waals surface area contributed by atoms with E-state index in [1.54, 1.807) is 0 Å². The average Bonchev–Trinajstić information content (AvgIpc) is 2.69. The third-order valence-electron chi connectivity index (χ3n) is 3.18. The Morgan fingerprint density at radius 1 is 1.50 bits per heavy atom. The lowest BCUT2D eigenvalue weighted by molar-refractivity contribution is -0.157. The van der Waals surface area contributed by atoms with E-state index in [1.165, 1.54) is 30.3 Å². The second-order valence-corrected chi connectivity index (χ2v) is 4.60. The van der Waals surface area contributed by atoms with Gasteiger partial charge in [0.25, 0.3) is 0 Å². The minimum Gasteiger partial charge on any atom is -0.345 e. The van der Waals surface area contributed by atoms with Gasteiger partial charge in [-0.25, -0.2) is 9.37 Å². The number of likely N-dealkylation sites (tertiary alicyclic amines) is 1. The van der Waals surface area contributed by atoms with E-state index < -0.39 is 30.5 Å². The SMILES string of the molecule is CN(c1ncccc1F)[C@@H]1CCN(CC(F)(F)F)C1=O. The summed E-state index contributed by atoms with van der Waals surface area (Å²) < 4.78 is 50.5. The van der Waals surface area contributed by atoms with Crippen LogP contribution in [0.5, 0.6) is 0 Å². The zero-order valence-electron chi connectivity index (χ0n) is 10.7. The molecule has 1 amide bonds. The first kappa shape index (κ1) is 14.5. The highest BCUT2D eigenvalue weighted by Crippen LogP contribution is 2.25. The summed E-state index contributed by atoms with van der Waals surface area (Å²) in [5, 5.41) is 0. The van der Waals surface area contributed by atoms with Crippen LogP contribution >= 0.6 is 0 Å². The Kier molecular flexibility index (Phi) is 3.82. The summed E-state index contributed by atoms with van der Waals surface area (Å²) in [6.45, 7) is -1.28. The van der Waals surface area contributed by atoms with E-state index in [1.807, 2.05) is 0 Å². The molecule has 0 radical (unpaired) electrons. The molecule has 0 N–H and O–H groups in total. The average molecular weight is 291 g/mol. The number of hydrogen-bond acceptors (Lipinski definition) is 3. The van der Waals surface area contributed by atoms with E-state index in [0.29, 0.717) is 0 Å². The van der Waals surface area contributed by atoms with Crippen molar-refractivity contribution in [3.63, 3.8) is 0 Å². The number of carbonyl (C=O) groups is 1. The lowest BCUT2D eigenvalue weighted by atomic mass is 10.2. The van der Waals surface area contributed by atoms with Crippen LogP contribution in [0.2, 0.25) is 0 Å². The number of alkyl halides is 3. The topological polar surface area (TPSA) is 36.4 Å². The highest BCUT2D eigenvalue weighted by atomic mass is 19.4. The van der Waals surface area contributed by atoms with Crippen LogP contribution in [-0.4, -0.2) is 48.1 Å². The molecule has 1 fully saturated rings. The summed E-state index contributed by atoms with van der Waals surface area (Å²) in [5.74, 6) is -1.31. The normalized spacial score (nSPS) is 19.6. The van der Waals surface area contributed by atoms with E-state index in [4.69, 9.17) is 0 Å². The molecule has 0 spiro atoms. The van der Waals surface area contributed by atoms with E-state index >= 15 is 0 Å². The number of carbonyl (C=O) groups excluding carboxylic acids is 1. The van der Waals surface area contributed by atoms with Crippen LogP contribution in [-0.2, 0) is 4.79 Å².